The second kappa shape index (κ2) is 3.26. The van der Waals surface area contributed by atoms with Crippen molar-refractivity contribution in [3.05, 3.63) is 11.4 Å². The molecule has 2 heterocycles. The molecule has 0 aliphatic carbocycles. The zero-order valence-electron chi connectivity index (χ0n) is 8.87. The van der Waals surface area contributed by atoms with Gasteiger partial charge in [0.2, 0.25) is 11.9 Å². The summed E-state index contributed by atoms with van der Waals surface area (Å²) in [6, 6.07) is 0. The number of nitrogens with zero attached hydrogens (tertiary/aromatic N) is 4. The Balaban J connectivity index is 2.31. The van der Waals surface area contributed by atoms with Gasteiger partial charge in [0, 0.05) is 7.05 Å². The molecule has 15 heavy (non-hydrogen) atoms. The van der Waals surface area contributed by atoms with Crippen molar-refractivity contribution in [2.45, 2.75) is 13.8 Å². The van der Waals surface area contributed by atoms with E-state index in [9.17, 15) is 0 Å². The van der Waals surface area contributed by atoms with Gasteiger partial charge < -0.3 is 11.1 Å². The number of anilines is 3. The lowest BCUT2D eigenvalue weighted by Crippen LogP contribution is -1.97. The van der Waals surface area contributed by atoms with E-state index >= 15 is 0 Å². The summed E-state index contributed by atoms with van der Waals surface area (Å²) in [5.74, 6) is 0.739. The molecular weight excluding hydrogens is 194 g/mol. The average Bonchev–Trinajstić information content (AvgIpc) is 2.67. The van der Waals surface area contributed by atoms with Crippen molar-refractivity contribution in [3.8, 4) is 0 Å². The number of hydrogen-bond acceptors (Lipinski definition) is 5. The standard InChI is InChI=1S/C8H13N7/c1-4-6(5(2)15(3)14-4)10-8-11-7(9)12-13-8/h1-3H3,(H4,9,10,11,12,13). The Bertz CT molecular complexity index is 481. The topological polar surface area (TPSA) is 97.4 Å². The second-order valence-corrected chi connectivity index (χ2v) is 3.34. The van der Waals surface area contributed by atoms with Crippen LogP contribution in [0.4, 0.5) is 17.6 Å². The molecule has 2 rings (SSSR count). The summed E-state index contributed by atoms with van der Waals surface area (Å²) in [6.45, 7) is 3.89. The Morgan fingerprint density at radius 3 is 2.60 bits per heavy atom. The maximum atomic E-state index is 5.42. The fourth-order valence-corrected chi connectivity index (χ4v) is 1.40. The molecule has 0 saturated heterocycles. The molecule has 0 aliphatic rings. The van der Waals surface area contributed by atoms with Gasteiger partial charge in [-0.15, -0.1) is 5.10 Å². The Morgan fingerprint density at radius 2 is 2.13 bits per heavy atom. The third kappa shape index (κ3) is 1.63. The molecule has 0 spiro atoms. The third-order valence-corrected chi connectivity index (χ3v) is 2.25. The summed E-state index contributed by atoms with van der Waals surface area (Å²) in [6.07, 6.45) is 0. The van der Waals surface area contributed by atoms with Gasteiger partial charge >= 0.3 is 0 Å². The average molecular weight is 207 g/mol. The lowest BCUT2D eigenvalue weighted by molar-refractivity contribution is 0.731. The van der Waals surface area contributed by atoms with Gasteiger partial charge in [-0.1, -0.05) is 0 Å². The molecule has 0 aliphatic heterocycles. The van der Waals surface area contributed by atoms with Gasteiger partial charge in [0.15, 0.2) is 0 Å². The van der Waals surface area contributed by atoms with E-state index in [1.165, 1.54) is 0 Å². The van der Waals surface area contributed by atoms with E-state index in [0.29, 0.717) is 5.95 Å². The summed E-state index contributed by atoms with van der Waals surface area (Å²) >= 11 is 0. The molecule has 0 atom stereocenters. The molecule has 0 saturated carbocycles. The molecule has 0 radical (unpaired) electrons. The van der Waals surface area contributed by atoms with Gasteiger partial charge in [-0.25, -0.2) is 5.10 Å². The summed E-state index contributed by atoms with van der Waals surface area (Å²) in [5.41, 5.74) is 8.26. The van der Waals surface area contributed by atoms with Crippen molar-refractivity contribution in [2.24, 2.45) is 7.05 Å². The number of nitrogen functional groups attached to an aromatic ring is 1. The highest BCUT2D eigenvalue weighted by Crippen LogP contribution is 2.21. The van der Waals surface area contributed by atoms with Gasteiger partial charge in [0.1, 0.15) is 0 Å². The van der Waals surface area contributed by atoms with E-state index in [0.717, 1.165) is 17.1 Å². The number of aromatic amines is 1. The fourth-order valence-electron chi connectivity index (χ4n) is 1.40. The van der Waals surface area contributed by atoms with Crippen LogP contribution in [-0.2, 0) is 7.05 Å². The van der Waals surface area contributed by atoms with Crippen LogP contribution in [0.15, 0.2) is 0 Å². The Hall–Kier alpha value is -2.05. The number of aromatic nitrogens is 5. The Kier molecular flexibility index (Phi) is 2.07. The highest BCUT2D eigenvalue weighted by Gasteiger charge is 2.10. The summed E-state index contributed by atoms with van der Waals surface area (Å²) < 4.78 is 1.80. The van der Waals surface area contributed by atoms with E-state index in [4.69, 9.17) is 5.73 Å². The zero-order chi connectivity index (χ0) is 11.0. The molecule has 7 heteroatoms. The normalized spacial score (nSPS) is 10.6. The molecular formula is C8H13N7. The first kappa shape index (κ1) is 9.50. The van der Waals surface area contributed by atoms with Crippen LogP contribution in [-0.4, -0.2) is 25.0 Å². The SMILES string of the molecule is Cc1nn(C)c(C)c1Nc1n[nH]c(N)n1. The summed E-state index contributed by atoms with van der Waals surface area (Å²) in [5, 5.41) is 13.8. The maximum Gasteiger partial charge on any atom is 0.248 e. The minimum Gasteiger partial charge on any atom is -0.368 e. The van der Waals surface area contributed by atoms with Gasteiger partial charge in [0.05, 0.1) is 17.1 Å². The van der Waals surface area contributed by atoms with E-state index < -0.39 is 0 Å². The molecule has 7 nitrogen and oxygen atoms in total. The smallest absolute Gasteiger partial charge is 0.248 e. The molecule has 0 amide bonds. The Labute approximate surface area is 86.7 Å². The van der Waals surface area contributed by atoms with Crippen LogP contribution in [0.2, 0.25) is 0 Å². The van der Waals surface area contributed by atoms with E-state index in [1.807, 2.05) is 20.9 Å². The maximum absolute atomic E-state index is 5.42. The van der Waals surface area contributed by atoms with E-state index in [2.05, 4.69) is 25.6 Å². The minimum atomic E-state index is 0.289. The van der Waals surface area contributed by atoms with E-state index in [1.54, 1.807) is 4.68 Å². The van der Waals surface area contributed by atoms with Gasteiger partial charge in [-0.05, 0) is 13.8 Å². The zero-order valence-corrected chi connectivity index (χ0v) is 8.87. The van der Waals surface area contributed by atoms with Gasteiger partial charge in [0.25, 0.3) is 0 Å². The monoisotopic (exact) mass is 207 g/mol. The number of H-pyrrole nitrogens is 1. The fraction of sp³-hybridized carbons (Fsp3) is 0.375. The minimum absolute atomic E-state index is 0.289. The summed E-state index contributed by atoms with van der Waals surface area (Å²) in [4.78, 5) is 3.96. The van der Waals surface area contributed by atoms with Crippen molar-refractivity contribution in [1.29, 1.82) is 0 Å². The van der Waals surface area contributed by atoms with Crippen LogP contribution >= 0.6 is 0 Å². The number of rotatable bonds is 2. The predicted molar refractivity (Wildman–Crippen MR) is 56.8 cm³/mol. The first-order valence-corrected chi connectivity index (χ1v) is 4.53. The van der Waals surface area contributed by atoms with Gasteiger partial charge in [-0.3, -0.25) is 4.68 Å². The lowest BCUT2D eigenvalue weighted by atomic mass is 10.3. The second-order valence-electron chi connectivity index (χ2n) is 3.34. The van der Waals surface area contributed by atoms with Crippen molar-refractivity contribution >= 4 is 17.6 Å². The van der Waals surface area contributed by atoms with Crippen LogP contribution in [0.3, 0.4) is 0 Å². The number of nitrogens with one attached hydrogen (secondary N) is 2. The molecule has 0 aromatic carbocycles. The van der Waals surface area contributed by atoms with Crippen molar-refractivity contribution < 1.29 is 0 Å². The first-order chi connectivity index (χ1) is 7.08. The van der Waals surface area contributed by atoms with Crippen LogP contribution in [0, 0.1) is 13.8 Å². The van der Waals surface area contributed by atoms with Crippen LogP contribution in [0.5, 0.6) is 0 Å². The molecule has 0 fully saturated rings. The quantitative estimate of drug-likeness (QED) is 0.665. The van der Waals surface area contributed by atoms with Crippen molar-refractivity contribution in [3.63, 3.8) is 0 Å². The van der Waals surface area contributed by atoms with Gasteiger partial charge in [-0.2, -0.15) is 10.1 Å². The first-order valence-electron chi connectivity index (χ1n) is 4.53. The largest absolute Gasteiger partial charge is 0.368 e. The lowest BCUT2D eigenvalue weighted by Gasteiger charge is -2.01. The number of hydrogen-bond donors (Lipinski definition) is 3. The molecule has 2 aromatic heterocycles. The molecule has 0 bridgehead atoms. The number of nitrogens with two attached hydrogens (primary N) is 1. The molecule has 80 valence electrons. The summed E-state index contributed by atoms with van der Waals surface area (Å²) in [7, 11) is 1.89. The molecule has 2 aromatic rings. The highest BCUT2D eigenvalue weighted by molar-refractivity contribution is 5.59. The van der Waals surface area contributed by atoms with Crippen LogP contribution in [0.1, 0.15) is 11.4 Å². The van der Waals surface area contributed by atoms with Crippen LogP contribution in [0.25, 0.3) is 0 Å². The van der Waals surface area contributed by atoms with E-state index in [-0.39, 0.29) is 5.95 Å². The molecule has 4 N–H and O–H groups in total. The Morgan fingerprint density at radius 1 is 1.40 bits per heavy atom. The predicted octanol–water partition coefficient (Wildman–Crippen LogP) is 0.481. The van der Waals surface area contributed by atoms with Crippen LogP contribution < -0.4 is 11.1 Å². The number of aryl methyl sites for hydroxylation is 2. The van der Waals surface area contributed by atoms with Crippen molar-refractivity contribution in [1.82, 2.24) is 25.0 Å². The highest BCUT2D eigenvalue weighted by atomic mass is 15.3. The molecule has 0 unspecified atom stereocenters. The third-order valence-electron chi connectivity index (χ3n) is 2.25. The van der Waals surface area contributed by atoms with Crippen molar-refractivity contribution in [2.75, 3.05) is 11.1 Å².